The Morgan fingerprint density at radius 2 is 1.74 bits per heavy atom. The van der Waals surface area contributed by atoms with E-state index in [0.29, 0.717) is 51.6 Å². The fraction of sp³-hybridized carbons (Fsp3) is 0.529. The van der Waals surface area contributed by atoms with Crippen molar-refractivity contribution in [1.82, 2.24) is 15.1 Å². The van der Waals surface area contributed by atoms with E-state index in [2.05, 4.69) is 10.6 Å². The van der Waals surface area contributed by atoms with E-state index in [1.807, 2.05) is 4.90 Å². The topological polar surface area (TPSA) is 73.9 Å². The molecule has 10 heteroatoms. The van der Waals surface area contributed by atoms with Crippen molar-refractivity contribution in [2.45, 2.75) is 0 Å². The van der Waals surface area contributed by atoms with Crippen LogP contribution in [0, 0.1) is 5.82 Å². The minimum Gasteiger partial charge on any atom is -0.383 e. The van der Waals surface area contributed by atoms with Crippen LogP contribution in [0.15, 0.2) is 24.3 Å². The summed E-state index contributed by atoms with van der Waals surface area (Å²) in [6, 6.07) is 5.67. The summed E-state index contributed by atoms with van der Waals surface area (Å²) in [5, 5.41) is 5.78. The summed E-state index contributed by atoms with van der Waals surface area (Å²) in [6.07, 6.45) is 0. The highest BCUT2D eigenvalue weighted by Gasteiger charge is 2.22. The summed E-state index contributed by atoms with van der Waals surface area (Å²) in [6.45, 7) is 4.29. The number of amides is 2. The quantitative estimate of drug-likeness (QED) is 0.608. The maximum absolute atomic E-state index is 12.9. The Balaban J connectivity index is 0.00000338. The van der Waals surface area contributed by atoms with Crippen LogP contribution in [0.5, 0.6) is 0 Å². The number of hydrogen-bond donors (Lipinski definition) is 2. The van der Waals surface area contributed by atoms with Crippen molar-refractivity contribution in [1.29, 1.82) is 0 Å². The van der Waals surface area contributed by atoms with Crippen molar-refractivity contribution in [3.8, 4) is 0 Å². The van der Waals surface area contributed by atoms with Gasteiger partial charge in [-0.3, -0.25) is 14.5 Å². The van der Waals surface area contributed by atoms with E-state index in [9.17, 15) is 14.0 Å². The van der Waals surface area contributed by atoms with Gasteiger partial charge in [-0.05, 0) is 24.3 Å². The second-order valence-corrected chi connectivity index (χ2v) is 5.88. The summed E-state index contributed by atoms with van der Waals surface area (Å²) in [5.41, 5.74) is 0.572. The summed E-state index contributed by atoms with van der Waals surface area (Å²) in [5.74, 6) is -0.422. The fourth-order valence-corrected chi connectivity index (χ4v) is 2.57. The molecule has 0 aromatic heterocycles. The van der Waals surface area contributed by atoms with Crippen LogP contribution in [-0.4, -0.2) is 81.1 Å². The van der Waals surface area contributed by atoms with Gasteiger partial charge in [0.2, 0.25) is 11.8 Å². The van der Waals surface area contributed by atoms with Crippen LogP contribution < -0.4 is 10.6 Å². The first-order valence-corrected chi connectivity index (χ1v) is 8.33. The molecule has 2 rings (SSSR count). The number of methoxy groups -OCH3 is 1. The van der Waals surface area contributed by atoms with E-state index >= 15 is 0 Å². The van der Waals surface area contributed by atoms with Gasteiger partial charge in [0.05, 0.1) is 19.7 Å². The third kappa shape index (κ3) is 9.34. The number of anilines is 1. The minimum atomic E-state index is -0.338. The number of piperazine rings is 1. The Morgan fingerprint density at radius 3 is 2.33 bits per heavy atom. The van der Waals surface area contributed by atoms with Gasteiger partial charge < -0.3 is 20.3 Å². The van der Waals surface area contributed by atoms with E-state index in [1.165, 1.54) is 24.3 Å². The predicted octanol–water partition coefficient (Wildman–Crippen LogP) is 0.988. The molecule has 1 aromatic rings. The van der Waals surface area contributed by atoms with Crippen LogP contribution >= 0.6 is 24.8 Å². The molecule has 7 nitrogen and oxygen atoms in total. The molecule has 1 aliphatic heterocycles. The molecule has 0 atom stereocenters. The molecule has 27 heavy (non-hydrogen) atoms. The highest BCUT2D eigenvalue weighted by Crippen LogP contribution is 2.09. The zero-order valence-corrected chi connectivity index (χ0v) is 16.9. The van der Waals surface area contributed by atoms with Crippen molar-refractivity contribution in [2.75, 3.05) is 64.8 Å². The molecule has 0 saturated carbocycles. The van der Waals surface area contributed by atoms with Crippen LogP contribution in [0.1, 0.15) is 0 Å². The lowest BCUT2D eigenvalue weighted by Crippen LogP contribution is -2.52. The SMILES string of the molecule is COCCNCC(=O)N1CCN(CC(=O)Nc2ccc(F)cc2)CC1.Cl.Cl. The van der Waals surface area contributed by atoms with Gasteiger partial charge in [0.1, 0.15) is 5.82 Å². The van der Waals surface area contributed by atoms with Crippen molar-refractivity contribution in [3.63, 3.8) is 0 Å². The van der Waals surface area contributed by atoms with Gasteiger partial charge in [-0.15, -0.1) is 24.8 Å². The predicted molar refractivity (Wildman–Crippen MR) is 107 cm³/mol. The zero-order chi connectivity index (χ0) is 18.1. The smallest absolute Gasteiger partial charge is 0.238 e. The molecule has 2 amide bonds. The lowest BCUT2D eigenvalue weighted by atomic mass is 10.3. The standard InChI is InChI=1S/C17H25FN4O3.2ClH/c1-25-11-6-19-12-17(24)22-9-7-21(8-10-22)13-16(23)20-15-4-2-14(18)3-5-15;;/h2-5,19H,6-13H2,1H3,(H,20,23);2*1H. The number of rotatable bonds is 8. The number of ether oxygens (including phenoxy) is 1. The molecule has 1 fully saturated rings. The Kier molecular flexibility index (Phi) is 12.9. The summed E-state index contributed by atoms with van der Waals surface area (Å²) >= 11 is 0. The Hall–Kier alpha value is -1.45. The van der Waals surface area contributed by atoms with Gasteiger partial charge in [-0.2, -0.15) is 0 Å². The molecule has 1 aliphatic rings. The maximum atomic E-state index is 12.9. The van der Waals surface area contributed by atoms with E-state index in [4.69, 9.17) is 4.74 Å². The Bertz CT molecular complexity index is 570. The van der Waals surface area contributed by atoms with Crippen LogP contribution in [0.25, 0.3) is 0 Å². The Morgan fingerprint density at radius 1 is 1.11 bits per heavy atom. The molecule has 0 radical (unpaired) electrons. The van der Waals surface area contributed by atoms with Crippen molar-refractivity contribution < 1.29 is 18.7 Å². The molecule has 1 aromatic carbocycles. The van der Waals surface area contributed by atoms with Crippen molar-refractivity contribution in [3.05, 3.63) is 30.1 Å². The lowest BCUT2D eigenvalue weighted by molar-refractivity contribution is -0.132. The first-order chi connectivity index (χ1) is 12.1. The van der Waals surface area contributed by atoms with Gasteiger partial charge in [0.25, 0.3) is 0 Å². The number of carbonyl (C=O) groups is 2. The maximum Gasteiger partial charge on any atom is 0.238 e. The fourth-order valence-electron chi connectivity index (χ4n) is 2.57. The molecule has 0 aliphatic carbocycles. The number of hydrogen-bond acceptors (Lipinski definition) is 5. The molecule has 0 bridgehead atoms. The summed E-state index contributed by atoms with van der Waals surface area (Å²) in [4.78, 5) is 27.9. The molecule has 1 heterocycles. The molecule has 2 N–H and O–H groups in total. The number of nitrogens with zero attached hydrogens (tertiary/aromatic N) is 2. The monoisotopic (exact) mass is 424 g/mol. The number of nitrogens with one attached hydrogen (secondary N) is 2. The minimum absolute atomic E-state index is 0. The van der Waals surface area contributed by atoms with E-state index in [1.54, 1.807) is 12.0 Å². The second kappa shape index (κ2) is 13.7. The lowest BCUT2D eigenvalue weighted by Gasteiger charge is -2.34. The molecular formula is C17H27Cl2FN4O3. The molecule has 0 unspecified atom stereocenters. The average molecular weight is 425 g/mol. The van der Waals surface area contributed by atoms with Gasteiger partial charge in [0, 0.05) is 45.5 Å². The van der Waals surface area contributed by atoms with Crippen molar-refractivity contribution in [2.24, 2.45) is 0 Å². The number of halogens is 3. The number of carbonyl (C=O) groups excluding carboxylic acids is 2. The first kappa shape index (κ1) is 25.6. The molecule has 154 valence electrons. The van der Waals surface area contributed by atoms with Crippen LogP contribution in [0.4, 0.5) is 10.1 Å². The van der Waals surface area contributed by atoms with Crippen LogP contribution in [-0.2, 0) is 14.3 Å². The molecule has 1 saturated heterocycles. The summed E-state index contributed by atoms with van der Waals surface area (Å²) in [7, 11) is 1.62. The van der Waals surface area contributed by atoms with E-state index in [-0.39, 0.29) is 49.0 Å². The Labute approximate surface area is 171 Å². The molecular weight excluding hydrogens is 398 g/mol. The van der Waals surface area contributed by atoms with Gasteiger partial charge >= 0.3 is 0 Å². The second-order valence-electron chi connectivity index (χ2n) is 5.88. The summed E-state index contributed by atoms with van der Waals surface area (Å²) < 4.78 is 17.8. The van der Waals surface area contributed by atoms with Gasteiger partial charge in [0.15, 0.2) is 0 Å². The highest BCUT2D eigenvalue weighted by atomic mass is 35.5. The van der Waals surface area contributed by atoms with Gasteiger partial charge in [-0.25, -0.2) is 4.39 Å². The average Bonchev–Trinajstić information content (AvgIpc) is 2.61. The van der Waals surface area contributed by atoms with E-state index in [0.717, 1.165) is 0 Å². The normalized spacial score (nSPS) is 14.1. The van der Waals surface area contributed by atoms with Crippen LogP contribution in [0.2, 0.25) is 0 Å². The highest BCUT2D eigenvalue weighted by molar-refractivity contribution is 5.92. The third-order valence-corrected chi connectivity index (χ3v) is 3.98. The van der Waals surface area contributed by atoms with Gasteiger partial charge in [-0.1, -0.05) is 0 Å². The first-order valence-electron chi connectivity index (χ1n) is 8.33. The van der Waals surface area contributed by atoms with Crippen molar-refractivity contribution >= 4 is 42.3 Å². The largest absolute Gasteiger partial charge is 0.383 e. The zero-order valence-electron chi connectivity index (χ0n) is 15.3. The van der Waals surface area contributed by atoms with E-state index < -0.39 is 0 Å². The molecule has 0 spiro atoms. The third-order valence-electron chi connectivity index (χ3n) is 3.98. The van der Waals surface area contributed by atoms with Crippen LogP contribution in [0.3, 0.4) is 0 Å². The number of benzene rings is 1.